The molecule has 0 spiro atoms. The Morgan fingerprint density at radius 3 is 2.48 bits per heavy atom. The number of hydrogen-bond donors (Lipinski definition) is 3. The zero-order valence-corrected chi connectivity index (χ0v) is 12.6. The molecular formula is C14H20N6O. The molecule has 0 aliphatic heterocycles. The van der Waals surface area contributed by atoms with Gasteiger partial charge in [0.2, 0.25) is 11.9 Å². The van der Waals surface area contributed by atoms with E-state index in [1.54, 1.807) is 0 Å². The van der Waals surface area contributed by atoms with Crippen LogP contribution in [0.2, 0.25) is 0 Å². The smallest absolute Gasteiger partial charge is 0.323 e. The summed E-state index contributed by atoms with van der Waals surface area (Å²) >= 11 is 0. The summed E-state index contributed by atoms with van der Waals surface area (Å²) in [5.41, 5.74) is 5.66. The molecule has 2 aromatic rings. The fourth-order valence-electron chi connectivity index (χ4n) is 1.75. The summed E-state index contributed by atoms with van der Waals surface area (Å²) in [6.07, 6.45) is -0.0356. The second-order valence-electron chi connectivity index (χ2n) is 4.95. The van der Waals surface area contributed by atoms with Crippen molar-refractivity contribution < 1.29 is 4.74 Å². The molecule has 4 N–H and O–H groups in total. The molecule has 0 bridgehead atoms. The highest BCUT2D eigenvalue weighted by molar-refractivity contribution is 5.60. The van der Waals surface area contributed by atoms with Crippen molar-refractivity contribution >= 4 is 17.6 Å². The number of aromatic nitrogens is 3. The molecule has 0 atom stereocenters. The number of hydrogen-bond acceptors (Lipinski definition) is 7. The fourth-order valence-corrected chi connectivity index (χ4v) is 1.75. The summed E-state index contributed by atoms with van der Waals surface area (Å²) in [6.45, 7) is 7.88. The van der Waals surface area contributed by atoms with Crippen molar-refractivity contribution in [3.05, 3.63) is 29.3 Å². The first kappa shape index (κ1) is 15.0. The molecule has 0 saturated heterocycles. The van der Waals surface area contributed by atoms with Gasteiger partial charge in [0.1, 0.15) is 0 Å². The van der Waals surface area contributed by atoms with Gasteiger partial charge in [-0.2, -0.15) is 15.0 Å². The van der Waals surface area contributed by atoms with E-state index >= 15 is 0 Å². The molecule has 0 fully saturated rings. The first-order valence-corrected chi connectivity index (χ1v) is 6.72. The van der Waals surface area contributed by atoms with Crippen molar-refractivity contribution in [1.29, 1.82) is 0 Å². The Bertz CT molecular complexity index is 629. The maximum absolute atomic E-state index is 5.49. The minimum Gasteiger partial charge on any atom is -0.461 e. The van der Waals surface area contributed by atoms with E-state index < -0.39 is 0 Å². The predicted molar refractivity (Wildman–Crippen MR) is 82.6 cm³/mol. The standard InChI is InChI=1S/C14H20N6O/c1-8(2)21-14-18-12(17-13(19-14)20-15)16-11-7-5-6-9(3)10(11)4/h5-8H,15H2,1-4H3,(H2,16,17,18,19,20). The van der Waals surface area contributed by atoms with Crippen LogP contribution in [-0.2, 0) is 0 Å². The van der Waals surface area contributed by atoms with Crippen molar-refractivity contribution in [3.63, 3.8) is 0 Å². The normalized spacial score (nSPS) is 10.6. The zero-order valence-electron chi connectivity index (χ0n) is 12.6. The number of hydrazine groups is 1. The number of nitrogens with zero attached hydrogens (tertiary/aromatic N) is 3. The molecule has 2 rings (SSSR count). The Hall–Kier alpha value is -2.41. The zero-order chi connectivity index (χ0) is 15.4. The molecule has 1 aromatic heterocycles. The van der Waals surface area contributed by atoms with Gasteiger partial charge < -0.3 is 10.1 Å². The van der Waals surface area contributed by atoms with Crippen LogP contribution in [0.1, 0.15) is 25.0 Å². The van der Waals surface area contributed by atoms with Gasteiger partial charge in [0.25, 0.3) is 0 Å². The molecule has 112 valence electrons. The monoisotopic (exact) mass is 288 g/mol. The highest BCUT2D eigenvalue weighted by Gasteiger charge is 2.10. The van der Waals surface area contributed by atoms with Crippen LogP contribution in [0.3, 0.4) is 0 Å². The molecular weight excluding hydrogens is 268 g/mol. The van der Waals surface area contributed by atoms with Gasteiger partial charge in [0, 0.05) is 5.69 Å². The highest BCUT2D eigenvalue weighted by Crippen LogP contribution is 2.22. The van der Waals surface area contributed by atoms with Crippen LogP contribution < -0.4 is 21.3 Å². The molecule has 7 nitrogen and oxygen atoms in total. The van der Waals surface area contributed by atoms with Gasteiger partial charge in [-0.3, -0.25) is 5.43 Å². The summed E-state index contributed by atoms with van der Waals surface area (Å²) in [7, 11) is 0. The number of aryl methyl sites for hydroxylation is 1. The van der Waals surface area contributed by atoms with E-state index in [1.807, 2.05) is 45.9 Å². The van der Waals surface area contributed by atoms with E-state index in [9.17, 15) is 0 Å². The van der Waals surface area contributed by atoms with Crippen molar-refractivity contribution in [2.45, 2.75) is 33.8 Å². The molecule has 1 heterocycles. The van der Waals surface area contributed by atoms with Crippen LogP contribution in [0.4, 0.5) is 17.6 Å². The van der Waals surface area contributed by atoms with Crippen LogP contribution in [0.25, 0.3) is 0 Å². The quantitative estimate of drug-likeness (QED) is 0.573. The molecule has 1 aromatic carbocycles. The predicted octanol–water partition coefficient (Wildman–Crippen LogP) is 2.30. The third-order valence-corrected chi connectivity index (χ3v) is 2.94. The van der Waals surface area contributed by atoms with E-state index in [0.29, 0.717) is 5.95 Å². The van der Waals surface area contributed by atoms with Gasteiger partial charge in [-0.25, -0.2) is 5.84 Å². The lowest BCUT2D eigenvalue weighted by atomic mass is 10.1. The average Bonchev–Trinajstić information content (AvgIpc) is 2.43. The lowest BCUT2D eigenvalue weighted by Gasteiger charge is -2.13. The average molecular weight is 288 g/mol. The van der Waals surface area contributed by atoms with Crippen LogP contribution >= 0.6 is 0 Å². The Labute approximate surface area is 123 Å². The van der Waals surface area contributed by atoms with Crippen LogP contribution in [0.15, 0.2) is 18.2 Å². The Kier molecular flexibility index (Phi) is 4.54. The maximum atomic E-state index is 5.49. The van der Waals surface area contributed by atoms with E-state index in [0.717, 1.165) is 11.3 Å². The number of nitrogens with one attached hydrogen (secondary N) is 2. The largest absolute Gasteiger partial charge is 0.461 e. The Morgan fingerprint density at radius 2 is 1.81 bits per heavy atom. The molecule has 21 heavy (non-hydrogen) atoms. The molecule has 0 radical (unpaired) electrons. The first-order valence-electron chi connectivity index (χ1n) is 6.72. The number of nitrogen functional groups attached to an aromatic ring is 1. The van der Waals surface area contributed by atoms with Crippen molar-refractivity contribution in [3.8, 4) is 6.01 Å². The first-order chi connectivity index (χ1) is 9.99. The van der Waals surface area contributed by atoms with E-state index in [2.05, 4.69) is 25.7 Å². The second-order valence-corrected chi connectivity index (χ2v) is 4.95. The third-order valence-electron chi connectivity index (χ3n) is 2.94. The molecule has 0 saturated carbocycles. The topological polar surface area (TPSA) is 98.0 Å². The fraction of sp³-hybridized carbons (Fsp3) is 0.357. The van der Waals surface area contributed by atoms with Gasteiger partial charge in [-0.1, -0.05) is 12.1 Å². The van der Waals surface area contributed by atoms with E-state index in [1.165, 1.54) is 5.56 Å². The van der Waals surface area contributed by atoms with Crippen molar-refractivity contribution in [2.75, 3.05) is 10.7 Å². The van der Waals surface area contributed by atoms with Crippen molar-refractivity contribution in [2.24, 2.45) is 5.84 Å². The minimum atomic E-state index is -0.0356. The van der Waals surface area contributed by atoms with E-state index in [-0.39, 0.29) is 18.1 Å². The SMILES string of the molecule is Cc1cccc(Nc2nc(NN)nc(OC(C)C)n2)c1C. The minimum absolute atomic E-state index is 0.0356. The number of rotatable bonds is 5. The van der Waals surface area contributed by atoms with Gasteiger partial charge in [0.05, 0.1) is 6.10 Å². The van der Waals surface area contributed by atoms with E-state index in [4.69, 9.17) is 10.6 Å². The number of anilines is 3. The summed E-state index contributed by atoms with van der Waals surface area (Å²) in [4.78, 5) is 12.5. The summed E-state index contributed by atoms with van der Waals surface area (Å²) in [5, 5.41) is 3.16. The van der Waals surface area contributed by atoms with Crippen molar-refractivity contribution in [1.82, 2.24) is 15.0 Å². The maximum Gasteiger partial charge on any atom is 0.323 e. The number of ether oxygens (including phenoxy) is 1. The Morgan fingerprint density at radius 1 is 1.10 bits per heavy atom. The summed E-state index contributed by atoms with van der Waals surface area (Å²) < 4.78 is 5.49. The van der Waals surface area contributed by atoms with Gasteiger partial charge >= 0.3 is 6.01 Å². The van der Waals surface area contributed by atoms with Gasteiger partial charge in [0.15, 0.2) is 0 Å². The molecule has 0 aliphatic rings. The highest BCUT2D eigenvalue weighted by atomic mass is 16.5. The summed E-state index contributed by atoms with van der Waals surface area (Å²) in [6, 6.07) is 6.21. The second kappa shape index (κ2) is 6.36. The number of benzene rings is 1. The third kappa shape index (κ3) is 3.79. The molecule has 0 amide bonds. The molecule has 0 aliphatic carbocycles. The Balaban J connectivity index is 2.32. The van der Waals surface area contributed by atoms with Gasteiger partial charge in [-0.05, 0) is 44.9 Å². The van der Waals surface area contributed by atoms with Crippen LogP contribution in [0, 0.1) is 13.8 Å². The van der Waals surface area contributed by atoms with Gasteiger partial charge in [-0.15, -0.1) is 0 Å². The molecule has 0 unspecified atom stereocenters. The van der Waals surface area contributed by atoms with Crippen LogP contribution in [-0.4, -0.2) is 21.1 Å². The molecule has 7 heteroatoms. The summed E-state index contributed by atoms with van der Waals surface area (Å²) in [5.74, 6) is 6.00. The lowest BCUT2D eigenvalue weighted by molar-refractivity contribution is 0.222. The lowest BCUT2D eigenvalue weighted by Crippen LogP contribution is -2.15. The van der Waals surface area contributed by atoms with Crippen LogP contribution in [0.5, 0.6) is 6.01 Å². The number of nitrogens with two attached hydrogens (primary N) is 1.